The maximum atomic E-state index is 11.8. The third-order valence-electron chi connectivity index (χ3n) is 3.06. The summed E-state index contributed by atoms with van der Waals surface area (Å²) >= 11 is 0. The molecule has 1 rings (SSSR count). The van der Waals surface area contributed by atoms with E-state index in [-0.39, 0.29) is 18.2 Å². The minimum atomic E-state index is -0.910. The predicted molar refractivity (Wildman–Crippen MR) is 64.3 cm³/mol. The topological polar surface area (TPSA) is 72.2 Å². The Hall–Kier alpha value is -1.65. The lowest BCUT2D eigenvalue weighted by Gasteiger charge is -2.19. The van der Waals surface area contributed by atoms with Crippen molar-refractivity contribution < 1.29 is 9.90 Å². The number of aromatic nitrogens is 2. The molecule has 17 heavy (non-hydrogen) atoms. The fraction of sp³-hybridized carbons (Fsp3) is 0.583. The first-order chi connectivity index (χ1) is 7.88. The quantitative estimate of drug-likeness (QED) is 0.861. The van der Waals surface area contributed by atoms with Crippen LogP contribution in [0.2, 0.25) is 0 Å². The number of carbonyl (C=O) groups is 1. The highest BCUT2D eigenvalue weighted by atomic mass is 16.4. The molecule has 0 saturated heterocycles. The Morgan fingerprint density at radius 2 is 2.06 bits per heavy atom. The average Bonchev–Trinajstić information content (AvgIpc) is 2.23. The molecule has 1 atom stereocenters. The fourth-order valence-electron chi connectivity index (χ4n) is 1.92. The second kappa shape index (κ2) is 5.12. The summed E-state index contributed by atoms with van der Waals surface area (Å²) in [5, 5.41) is 8.86. The number of carboxylic acids is 1. The van der Waals surface area contributed by atoms with Crippen LogP contribution in [0.1, 0.15) is 43.3 Å². The van der Waals surface area contributed by atoms with E-state index < -0.39 is 5.97 Å². The zero-order valence-electron chi connectivity index (χ0n) is 10.6. The molecule has 1 unspecified atom stereocenters. The van der Waals surface area contributed by atoms with E-state index in [0.29, 0.717) is 17.0 Å². The van der Waals surface area contributed by atoms with Crippen molar-refractivity contribution in [1.29, 1.82) is 0 Å². The Labute approximate surface area is 100 Å². The van der Waals surface area contributed by atoms with Crippen molar-refractivity contribution in [1.82, 2.24) is 9.55 Å². The van der Waals surface area contributed by atoms with E-state index in [9.17, 15) is 9.59 Å². The molecule has 0 radical (unpaired) electrons. The zero-order valence-corrected chi connectivity index (χ0v) is 10.6. The smallest absolute Gasteiger partial charge is 0.348 e. The molecule has 0 spiro atoms. The molecule has 5 heteroatoms. The predicted octanol–water partition coefficient (Wildman–Crippen LogP) is 1.46. The Bertz CT molecular complexity index is 491. The molecule has 0 aliphatic heterocycles. The maximum Gasteiger partial charge on any atom is 0.348 e. The van der Waals surface area contributed by atoms with E-state index in [2.05, 4.69) is 4.98 Å². The van der Waals surface area contributed by atoms with Crippen LogP contribution in [0.15, 0.2) is 4.79 Å². The molecule has 0 saturated carbocycles. The summed E-state index contributed by atoms with van der Waals surface area (Å²) in [5.74, 6) is -0.910. The molecule has 0 bridgehead atoms. The molecule has 1 heterocycles. The van der Waals surface area contributed by atoms with Gasteiger partial charge in [0.05, 0.1) is 6.42 Å². The van der Waals surface area contributed by atoms with Crippen molar-refractivity contribution in [3.8, 4) is 0 Å². The first kappa shape index (κ1) is 13.4. The van der Waals surface area contributed by atoms with E-state index in [1.807, 2.05) is 13.8 Å². The number of rotatable bonds is 4. The summed E-state index contributed by atoms with van der Waals surface area (Å²) in [7, 11) is 0. The SMILES string of the molecule is CCC(C)n1c(C)c(CC(=O)O)c(C)nc1=O. The number of aryl methyl sites for hydroxylation is 1. The van der Waals surface area contributed by atoms with Crippen LogP contribution in [0.25, 0.3) is 0 Å². The molecule has 1 aromatic rings. The lowest BCUT2D eigenvalue weighted by atomic mass is 10.1. The monoisotopic (exact) mass is 238 g/mol. The van der Waals surface area contributed by atoms with Gasteiger partial charge in [-0.15, -0.1) is 0 Å². The molecule has 1 N–H and O–H groups in total. The van der Waals surface area contributed by atoms with Crippen LogP contribution in [0.3, 0.4) is 0 Å². The van der Waals surface area contributed by atoms with Gasteiger partial charge in [0.15, 0.2) is 0 Å². The Morgan fingerprint density at radius 1 is 1.47 bits per heavy atom. The van der Waals surface area contributed by atoms with Gasteiger partial charge in [-0.25, -0.2) is 4.79 Å². The summed E-state index contributed by atoms with van der Waals surface area (Å²) in [4.78, 5) is 26.5. The van der Waals surface area contributed by atoms with Crippen LogP contribution in [-0.4, -0.2) is 20.6 Å². The van der Waals surface area contributed by atoms with E-state index in [0.717, 1.165) is 6.42 Å². The molecule has 1 aromatic heterocycles. The first-order valence-electron chi connectivity index (χ1n) is 5.68. The highest BCUT2D eigenvalue weighted by Crippen LogP contribution is 2.16. The minimum absolute atomic E-state index is 0.0307. The number of aliphatic carboxylic acids is 1. The molecule has 5 nitrogen and oxygen atoms in total. The molecular formula is C12H18N2O3. The molecular weight excluding hydrogens is 220 g/mol. The Kier molecular flexibility index (Phi) is 4.04. The maximum absolute atomic E-state index is 11.8. The van der Waals surface area contributed by atoms with Gasteiger partial charge in [-0.2, -0.15) is 4.98 Å². The van der Waals surface area contributed by atoms with Gasteiger partial charge in [-0.1, -0.05) is 6.92 Å². The lowest BCUT2D eigenvalue weighted by molar-refractivity contribution is -0.136. The Morgan fingerprint density at radius 3 is 2.53 bits per heavy atom. The van der Waals surface area contributed by atoms with Crippen molar-refractivity contribution in [2.24, 2.45) is 0 Å². The van der Waals surface area contributed by atoms with Crippen LogP contribution in [0, 0.1) is 13.8 Å². The Balaban J connectivity index is 3.42. The number of carboxylic acid groups (broad SMARTS) is 1. The van der Waals surface area contributed by atoms with Gasteiger partial charge in [0.2, 0.25) is 0 Å². The molecule has 0 aliphatic carbocycles. The summed E-state index contributed by atoms with van der Waals surface area (Å²) in [5.41, 5.74) is 1.55. The number of hydrogen-bond acceptors (Lipinski definition) is 3. The summed E-state index contributed by atoms with van der Waals surface area (Å²) < 4.78 is 1.57. The van der Waals surface area contributed by atoms with Gasteiger partial charge in [-0.05, 0) is 27.2 Å². The molecule has 0 aromatic carbocycles. The average molecular weight is 238 g/mol. The van der Waals surface area contributed by atoms with Gasteiger partial charge >= 0.3 is 11.7 Å². The van der Waals surface area contributed by atoms with Crippen LogP contribution >= 0.6 is 0 Å². The number of nitrogens with zero attached hydrogens (tertiary/aromatic N) is 2. The van der Waals surface area contributed by atoms with Crippen molar-refractivity contribution in [2.45, 2.75) is 46.6 Å². The molecule has 0 fully saturated rings. The van der Waals surface area contributed by atoms with Gasteiger partial charge < -0.3 is 5.11 Å². The second-order valence-corrected chi connectivity index (χ2v) is 4.24. The van der Waals surface area contributed by atoms with Crippen LogP contribution in [0.4, 0.5) is 0 Å². The van der Waals surface area contributed by atoms with Crippen LogP contribution in [0.5, 0.6) is 0 Å². The van der Waals surface area contributed by atoms with Crippen molar-refractivity contribution in [3.05, 3.63) is 27.4 Å². The van der Waals surface area contributed by atoms with E-state index in [4.69, 9.17) is 5.11 Å². The van der Waals surface area contributed by atoms with E-state index in [1.54, 1.807) is 18.4 Å². The van der Waals surface area contributed by atoms with Gasteiger partial charge in [0.25, 0.3) is 0 Å². The zero-order chi connectivity index (χ0) is 13.2. The lowest BCUT2D eigenvalue weighted by Crippen LogP contribution is -2.30. The minimum Gasteiger partial charge on any atom is -0.481 e. The first-order valence-corrected chi connectivity index (χ1v) is 5.68. The van der Waals surface area contributed by atoms with Crippen LogP contribution in [-0.2, 0) is 11.2 Å². The van der Waals surface area contributed by atoms with Crippen molar-refractivity contribution in [3.63, 3.8) is 0 Å². The van der Waals surface area contributed by atoms with Gasteiger partial charge in [0, 0.05) is 23.0 Å². The summed E-state index contributed by atoms with van der Waals surface area (Å²) in [6.45, 7) is 7.36. The highest BCUT2D eigenvalue weighted by molar-refractivity contribution is 5.70. The fourth-order valence-corrected chi connectivity index (χ4v) is 1.92. The third-order valence-corrected chi connectivity index (χ3v) is 3.06. The highest BCUT2D eigenvalue weighted by Gasteiger charge is 2.16. The third kappa shape index (κ3) is 2.72. The second-order valence-electron chi connectivity index (χ2n) is 4.24. The largest absolute Gasteiger partial charge is 0.481 e. The summed E-state index contributed by atoms with van der Waals surface area (Å²) in [6.07, 6.45) is 0.708. The standard InChI is InChI=1S/C12H18N2O3/c1-5-7(2)14-9(4)10(6-11(15)16)8(3)13-12(14)17/h7H,5-6H2,1-4H3,(H,15,16). The van der Waals surface area contributed by atoms with E-state index in [1.165, 1.54) is 0 Å². The van der Waals surface area contributed by atoms with Crippen LogP contribution < -0.4 is 5.69 Å². The molecule has 94 valence electrons. The van der Waals surface area contributed by atoms with Crippen molar-refractivity contribution in [2.75, 3.05) is 0 Å². The number of hydrogen-bond donors (Lipinski definition) is 1. The van der Waals surface area contributed by atoms with E-state index >= 15 is 0 Å². The summed E-state index contributed by atoms with van der Waals surface area (Å²) in [6, 6.07) is 0.0307. The molecule has 0 amide bonds. The van der Waals surface area contributed by atoms with Gasteiger partial charge in [-0.3, -0.25) is 9.36 Å². The normalized spacial score (nSPS) is 12.5. The van der Waals surface area contributed by atoms with Crippen molar-refractivity contribution >= 4 is 5.97 Å². The molecule has 0 aliphatic rings. The van der Waals surface area contributed by atoms with Gasteiger partial charge in [0.1, 0.15) is 0 Å².